The molecule has 6 heteroatoms. The second-order valence-electron chi connectivity index (χ2n) is 4.19. The Labute approximate surface area is 117 Å². The molecule has 0 aliphatic rings. The molecule has 0 atom stereocenters. The van der Waals surface area contributed by atoms with Gasteiger partial charge >= 0.3 is 0 Å². The van der Waals surface area contributed by atoms with E-state index in [1.54, 1.807) is 12.3 Å². The van der Waals surface area contributed by atoms with E-state index in [1.807, 2.05) is 6.92 Å². The molecule has 0 spiro atoms. The van der Waals surface area contributed by atoms with Crippen molar-refractivity contribution >= 4 is 28.7 Å². The zero-order valence-electron chi connectivity index (χ0n) is 11.0. The number of rotatable bonds is 3. The Morgan fingerprint density at radius 2 is 2.05 bits per heavy atom. The summed E-state index contributed by atoms with van der Waals surface area (Å²) in [5.41, 5.74) is 14.7. The van der Waals surface area contributed by atoms with Gasteiger partial charge < -0.3 is 16.8 Å². The third-order valence-electron chi connectivity index (χ3n) is 2.62. The summed E-state index contributed by atoms with van der Waals surface area (Å²) in [5, 5.41) is 3.12. The first kappa shape index (κ1) is 13.4. The maximum Gasteiger partial charge on any atom is 0.222 e. The van der Waals surface area contributed by atoms with Gasteiger partial charge in [-0.05, 0) is 18.6 Å². The van der Waals surface area contributed by atoms with E-state index in [-0.39, 0.29) is 11.8 Å². The largest absolute Gasteiger partial charge is 0.382 e. The van der Waals surface area contributed by atoms with Gasteiger partial charge in [0.25, 0.3) is 0 Å². The predicted molar refractivity (Wildman–Crippen MR) is 81.0 cm³/mol. The molecule has 0 radical (unpaired) electrons. The lowest BCUT2D eigenvalue weighted by atomic mass is 10.1. The van der Waals surface area contributed by atoms with Crippen molar-refractivity contribution in [2.75, 3.05) is 16.8 Å². The third kappa shape index (κ3) is 2.67. The van der Waals surface area contributed by atoms with Crippen LogP contribution in [0.25, 0.3) is 5.57 Å². The van der Waals surface area contributed by atoms with Crippen LogP contribution in [-0.4, -0.2) is 15.0 Å². The lowest BCUT2D eigenvalue weighted by Gasteiger charge is -2.13. The molecule has 2 heterocycles. The predicted octanol–water partition coefficient (Wildman–Crippen LogP) is 1.79. The Bertz CT molecular complexity index is 714. The van der Waals surface area contributed by atoms with E-state index >= 15 is 0 Å². The van der Waals surface area contributed by atoms with Gasteiger partial charge in [-0.15, -0.1) is 6.42 Å². The molecule has 0 amide bonds. The van der Waals surface area contributed by atoms with Crippen LogP contribution >= 0.6 is 0 Å². The van der Waals surface area contributed by atoms with Gasteiger partial charge in [-0.2, -0.15) is 4.98 Å². The molecule has 0 aliphatic carbocycles. The summed E-state index contributed by atoms with van der Waals surface area (Å²) in [4.78, 5) is 11.9. The number of pyridine rings is 1. The molecule has 0 bridgehead atoms. The van der Waals surface area contributed by atoms with Gasteiger partial charge in [0.05, 0.1) is 11.9 Å². The highest BCUT2D eigenvalue weighted by atomic mass is 15.1. The van der Waals surface area contributed by atoms with Gasteiger partial charge in [-0.3, -0.25) is 0 Å². The van der Waals surface area contributed by atoms with E-state index in [0.717, 1.165) is 16.8 Å². The highest BCUT2D eigenvalue weighted by Crippen LogP contribution is 2.27. The summed E-state index contributed by atoms with van der Waals surface area (Å²) in [5.74, 6) is 2.85. The quantitative estimate of drug-likeness (QED) is 0.732. The lowest BCUT2D eigenvalue weighted by Crippen LogP contribution is -2.05. The van der Waals surface area contributed by atoms with Crippen LogP contribution in [0.4, 0.5) is 23.1 Å². The van der Waals surface area contributed by atoms with Crippen molar-refractivity contribution in [3.63, 3.8) is 0 Å². The number of hydrogen-bond acceptors (Lipinski definition) is 6. The van der Waals surface area contributed by atoms with Crippen molar-refractivity contribution in [2.45, 2.75) is 6.92 Å². The molecule has 2 aromatic heterocycles. The van der Waals surface area contributed by atoms with E-state index in [0.29, 0.717) is 11.4 Å². The fourth-order valence-corrected chi connectivity index (χ4v) is 1.63. The average Bonchev–Trinajstić information content (AvgIpc) is 2.41. The Kier molecular flexibility index (Phi) is 3.53. The van der Waals surface area contributed by atoms with Crippen LogP contribution < -0.4 is 16.8 Å². The van der Waals surface area contributed by atoms with E-state index < -0.39 is 0 Å². The third-order valence-corrected chi connectivity index (χ3v) is 2.62. The van der Waals surface area contributed by atoms with Gasteiger partial charge in [0.2, 0.25) is 5.95 Å². The topological polar surface area (TPSA) is 103 Å². The van der Waals surface area contributed by atoms with Crippen LogP contribution in [0.15, 0.2) is 25.0 Å². The number of nitrogen functional groups attached to an aromatic ring is 2. The molecule has 0 saturated heterocycles. The zero-order chi connectivity index (χ0) is 14.7. The summed E-state index contributed by atoms with van der Waals surface area (Å²) in [6, 6.07) is 1.74. The summed E-state index contributed by atoms with van der Waals surface area (Å²) in [7, 11) is 0. The van der Waals surface area contributed by atoms with Gasteiger partial charge in [0.15, 0.2) is 5.82 Å². The number of nitrogens with zero attached hydrogens (tertiary/aromatic N) is 3. The van der Waals surface area contributed by atoms with Crippen LogP contribution in [-0.2, 0) is 0 Å². The molecule has 2 rings (SSSR count). The summed E-state index contributed by atoms with van der Waals surface area (Å²) >= 11 is 0. The minimum absolute atomic E-state index is 0.118. The second kappa shape index (κ2) is 5.28. The molecule has 0 fully saturated rings. The van der Waals surface area contributed by atoms with Crippen LogP contribution in [0.2, 0.25) is 0 Å². The average molecular weight is 266 g/mol. The number of terminal acetylenes is 1. The minimum atomic E-state index is 0.118. The number of nitrogens with two attached hydrogens (primary N) is 2. The Morgan fingerprint density at radius 3 is 2.65 bits per heavy atom. The van der Waals surface area contributed by atoms with E-state index in [9.17, 15) is 0 Å². The number of hydrogen-bond donors (Lipinski definition) is 3. The molecule has 0 saturated carbocycles. The van der Waals surface area contributed by atoms with Crippen LogP contribution in [0, 0.1) is 12.3 Å². The number of nitrogens with one attached hydrogen (secondary N) is 1. The van der Waals surface area contributed by atoms with Gasteiger partial charge in [-0.1, -0.05) is 12.5 Å². The van der Waals surface area contributed by atoms with Gasteiger partial charge in [0, 0.05) is 11.8 Å². The van der Waals surface area contributed by atoms with Crippen LogP contribution in [0.1, 0.15) is 18.2 Å². The molecule has 2 aromatic rings. The fourth-order valence-electron chi connectivity index (χ4n) is 1.63. The van der Waals surface area contributed by atoms with Crippen molar-refractivity contribution in [3.8, 4) is 12.3 Å². The Hall–Kier alpha value is -3.07. The summed E-state index contributed by atoms with van der Waals surface area (Å²) in [6.45, 7) is 5.78. The van der Waals surface area contributed by atoms with Crippen LogP contribution in [0.3, 0.4) is 0 Å². The molecule has 0 aliphatic heterocycles. The molecule has 5 N–H and O–H groups in total. The number of allylic oxidation sites excluding steroid dienone is 1. The van der Waals surface area contributed by atoms with Crippen molar-refractivity contribution in [3.05, 3.63) is 36.3 Å². The molecule has 0 aromatic carbocycles. The minimum Gasteiger partial charge on any atom is -0.382 e. The van der Waals surface area contributed by atoms with Crippen molar-refractivity contribution in [2.24, 2.45) is 0 Å². The first-order valence-corrected chi connectivity index (χ1v) is 5.79. The molecular formula is C14H14N6. The summed E-state index contributed by atoms with van der Waals surface area (Å²) < 4.78 is 0. The maximum atomic E-state index is 5.79. The van der Waals surface area contributed by atoms with Crippen molar-refractivity contribution < 1.29 is 0 Å². The molecular weight excluding hydrogens is 252 g/mol. The van der Waals surface area contributed by atoms with E-state index in [1.165, 1.54) is 6.20 Å². The Morgan fingerprint density at radius 1 is 1.30 bits per heavy atom. The lowest BCUT2D eigenvalue weighted by molar-refractivity contribution is 1.19. The highest BCUT2D eigenvalue weighted by molar-refractivity contribution is 5.79. The number of aromatic nitrogens is 3. The van der Waals surface area contributed by atoms with Crippen molar-refractivity contribution in [1.82, 2.24) is 15.0 Å². The molecule has 0 unspecified atom stereocenters. The molecule has 100 valence electrons. The van der Waals surface area contributed by atoms with Crippen molar-refractivity contribution in [1.29, 1.82) is 0 Å². The zero-order valence-corrected chi connectivity index (χ0v) is 11.0. The standard InChI is InChI=1S/C14H14N6/c1-4-9-5-11(10(6-17-9)8(2)3)19-12-7-18-14(16)20-13(12)15/h1,5-7H,2H2,3H3,(H,17,19)(H4,15,16,18,20). The molecule has 6 nitrogen and oxygen atoms in total. The normalized spacial score (nSPS) is 9.80. The smallest absolute Gasteiger partial charge is 0.222 e. The first-order chi connectivity index (χ1) is 9.51. The first-order valence-electron chi connectivity index (χ1n) is 5.79. The monoisotopic (exact) mass is 266 g/mol. The van der Waals surface area contributed by atoms with E-state index in [2.05, 4.69) is 32.8 Å². The highest BCUT2D eigenvalue weighted by Gasteiger charge is 2.09. The maximum absolute atomic E-state index is 5.79. The second-order valence-corrected chi connectivity index (χ2v) is 4.19. The van der Waals surface area contributed by atoms with Gasteiger partial charge in [-0.25, -0.2) is 9.97 Å². The Balaban J connectivity index is 2.46. The SMILES string of the molecule is C#Cc1cc(Nc2cnc(N)nc2N)c(C(=C)C)cn1. The fraction of sp³-hybridized carbons (Fsp3) is 0.0714. The number of anilines is 4. The molecule has 20 heavy (non-hydrogen) atoms. The van der Waals surface area contributed by atoms with Gasteiger partial charge in [0.1, 0.15) is 11.4 Å². The summed E-state index contributed by atoms with van der Waals surface area (Å²) in [6.07, 6.45) is 8.53. The van der Waals surface area contributed by atoms with E-state index in [4.69, 9.17) is 17.9 Å². The van der Waals surface area contributed by atoms with Crippen LogP contribution in [0.5, 0.6) is 0 Å².